The molecule has 0 radical (unpaired) electrons. The van der Waals surface area contributed by atoms with E-state index < -0.39 is 0 Å². The monoisotopic (exact) mass is 327 g/mol. The van der Waals surface area contributed by atoms with E-state index >= 15 is 0 Å². The highest BCUT2D eigenvalue weighted by Crippen LogP contribution is 2.37. The van der Waals surface area contributed by atoms with Crippen LogP contribution < -0.4 is 14.8 Å². The molecule has 19 heavy (non-hydrogen) atoms. The van der Waals surface area contributed by atoms with Crippen molar-refractivity contribution in [2.45, 2.75) is 45.2 Å². The summed E-state index contributed by atoms with van der Waals surface area (Å²) in [5, 5.41) is 3.62. The molecule has 0 saturated heterocycles. The Morgan fingerprint density at radius 1 is 1.37 bits per heavy atom. The summed E-state index contributed by atoms with van der Waals surface area (Å²) < 4.78 is 12.0. The summed E-state index contributed by atoms with van der Waals surface area (Å²) in [5.41, 5.74) is 1.53. The molecular weight excluding hydrogens is 306 g/mol. The van der Waals surface area contributed by atoms with Crippen LogP contribution in [0.3, 0.4) is 0 Å². The van der Waals surface area contributed by atoms with E-state index in [4.69, 9.17) is 9.47 Å². The van der Waals surface area contributed by atoms with Gasteiger partial charge >= 0.3 is 0 Å². The maximum Gasteiger partial charge on any atom is 0.175 e. The van der Waals surface area contributed by atoms with Crippen LogP contribution in [0.4, 0.5) is 0 Å². The minimum atomic E-state index is 0.318. The van der Waals surface area contributed by atoms with E-state index in [0.29, 0.717) is 12.1 Å². The predicted octanol–water partition coefficient (Wildman–Crippen LogP) is 3.89. The third-order valence-electron chi connectivity index (χ3n) is 3.75. The number of benzene rings is 1. The molecule has 2 rings (SSSR count). The van der Waals surface area contributed by atoms with Crippen molar-refractivity contribution in [2.75, 3.05) is 13.7 Å². The first-order chi connectivity index (χ1) is 9.08. The van der Waals surface area contributed by atoms with Crippen LogP contribution in [0, 0.1) is 0 Å². The zero-order valence-corrected chi connectivity index (χ0v) is 13.5. The zero-order valence-electron chi connectivity index (χ0n) is 11.9. The molecule has 1 aromatic carbocycles. The van der Waals surface area contributed by atoms with Gasteiger partial charge in [0.1, 0.15) is 0 Å². The zero-order chi connectivity index (χ0) is 13.9. The third kappa shape index (κ3) is 3.42. The highest BCUT2D eigenvalue weighted by Gasteiger charge is 2.30. The fourth-order valence-electron chi connectivity index (χ4n) is 2.36. The van der Waals surface area contributed by atoms with Crippen LogP contribution in [0.5, 0.6) is 11.5 Å². The fraction of sp³-hybridized carbons (Fsp3) is 0.600. The number of halogens is 1. The summed E-state index contributed by atoms with van der Waals surface area (Å²) in [6.07, 6.45) is 3.87. The van der Waals surface area contributed by atoms with Gasteiger partial charge in [-0.15, -0.1) is 0 Å². The van der Waals surface area contributed by atoms with Gasteiger partial charge in [-0.2, -0.15) is 0 Å². The minimum absolute atomic E-state index is 0.318. The summed E-state index contributed by atoms with van der Waals surface area (Å²) in [6.45, 7) is 5.75. The van der Waals surface area contributed by atoms with Crippen molar-refractivity contribution in [3.8, 4) is 11.5 Å². The third-order valence-corrected chi connectivity index (χ3v) is 4.34. The smallest absolute Gasteiger partial charge is 0.175 e. The molecule has 0 amide bonds. The second-order valence-electron chi connectivity index (χ2n) is 5.31. The Labute approximate surface area is 123 Å². The van der Waals surface area contributed by atoms with E-state index in [-0.39, 0.29) is 0 Å². The lowest BCUT2D eigenvalue weighted by Crippen LogP contribution is -2.47. The Balaban J connectivity index is 2.10. The first-order valence-electron chi connectivity index (χ1n) is 6.82. The Morgan fingerprint density at radius 3 is 2.63 bits per heavy atom. The Bertz CT molecular complexity index is 444. The number of ether oxygens (including phenoxy) is 2. The standard InChI is InChI=1S/C15H22BrNO2/c1-4-19-14-12(16)8-11(9-13(14)18-3)10-17-15(2)6-5-7-15/h8-9,17H,4-7,10H2,1-3H3. The predicted molar refractivity (Wildman–Crippen MR) is 81.0 cm³/mol. The van der Waals surface area contributed by atoms with Crippen LogP contribution in [-0.2, 0) is 6.54 Å². The molecule has 0 aliphatic heterocycles. The molecule has 3 nitrogen and oxygen atoms in total. The second-order valence-corrected chi connectivity index (χ2v) is 6.16. The van der Waals surface area contributed by atoms with E-state index in [9.17, 15) is 0 Å². The summed E-state index contributed by atoms with van der Waals surface area (Å²) >= 11 is 3.56. The highest BCUT2D eigenvalue weighted by molar-refractivity contribution is 9.10. The van der Waals surface area contributed by atoms with Crippen molar-refractivity contribution in [2.24, 2.45) is 0 Å². The molecular formula is C15H22BrNO2. The number of nitrogens with one attached hydrogen (secondary N) is 1. The number of hydrogen-bond acceptors (Lipinski definition) is 3. The van der Waals surface area contributed by atoms with Gasteiger partial charge in [-0.25, -0.2) is 0 Å². The molecule has 1 saturated carbocycles. The molecule has 0 spiro atoms. The van der Waals surface area contributed by atoms with Gasteiger partial charge in [0.2, 0.25) is 0 Å². The first kappa shape index (κ1) is 14.7. The van der Waals surface area contributed by atoms with Crippen molar-refractivity contribution >= 4 is 15.9 Å². The van der Waals surface area contributed by atoms with E-state index in [1.807, 2.05) is 13.0 Å². The van der Waals surface area contributed by atoms with Gasteiger partial charge in [0, 0.05) is 12.1 Å². The maximum absolute atomic E-state index is 5.60. The summed E-state index contributed by atoms with van der Waals surface area (Å²) in [7, 11) is 1.68. The van der Waals surface area contributed by atoms with Crippen molar-refractivity contribution in [1.82, 2.24) is 5.32 Å². The molecule has 0 heterocycles. The molecule has 1 N–H and O–H groups in total. The van der Waals surface area contributed by atoms with Crippen LogP contribution in [0.25, 0.3) is 0 Å². The van der Waals surface area contributed by atoms with Crippen LogP contribution in [-0.4, -0.2) is 19.3 Å². The molecule has 0 atom stereocenters. The Morgan fingerprint density at radius 2 is 2.11 bits per heavy atom. The highest BCUT2D eigenvalue weighted by atomic mass is 79.9. The van der Waals surface area contributed by atoms with E-state index in [0.717, 1.165) is 22.5 Å². The summed E-state index contributed by atoms with van der Waals surface area (Å²) in [6, 6.07) is 4.15. The molecule has 106 valence electrons. The summed E-state index contributed by atoms with van der Waals surface area (Å²) in [4.78, 5) is 0. The van der Waals surface area contributed by atoms with Gasteiger partial charge in [-0.3, -0.25) is 0 Å². The largest absolute Gasteiger partial charge is 0.493 e. The summed E-state index contributed by atoms with van der Waals surface area (Å²) in [5.74, 6) is 1.57. The second kappa shape index (κ2) is 6.14. The van der Waals surface area contributed by atoms with E-state index in [1.54, 1.807) is 7.11 Å². The quantitative estimate of drug-likeness (QED) is 0.859. The SMILES string of the molecule is CCOc1c(Br)cc(CNC2(C)CCC2)cc1OC. The van der Waals surface area contributed by atoms with Gasteiger partial charge in [0.05, 0.1) is 18.2 Å². The first-order valence-corrected chi connectivity index (χ1v) is 7.61. The Kier molecular flexibility index (Phi) is 4.74. The Hall–Kier alpha value is -0.740. The van der Waals surface area contributed by atoms with Crippen molar-refractivity contribution in [1.29, 1.82) is 0 Å². The average Bonchev–Trinajstić information content (AvgIpc) is 2.36. The fourth-order valence-corrected chi connectivity index (χ4v) is 2.96. The van der Waals surface area contributed by atoms with Crippen molar-refractivity contribution in [3.63, 3.8) is 0 Å². The molecule has 0 aromatic heterocycles. The average molecular weight is 328 g/mol. The van der Waals surface area contributed by atoms with Crippen LogP contribution >= 0.6 is 15.9 Å². The molecule has 1 aliphatic carbocycles. The van der Waals surface area contributed by atoms with Crippen molar-refractivity contribution in [3.05, 3.63) is 22.2 Å². The number of rotatable bonds is 6. The maximum atomic E-state index is 5.60. The van der Waals surface area contributed by atoms with Gasteiger partial charge < -0.3 is 14.8 Å². The molecule has 0 unspecified atom stereocenters. The normalized spacial score (nSPS) is 16.8. The van der Waals surface area contributed by atoms with Crippen LogP contribution in [0.15, 0.2) is 16.6 Å². The van der Waals surface area contributed by atoms with Gasteiger partial charge in [0.15, 0.2) is 11.5 Å². The van der Waals surface area contributed by atoms with Crippen LogP contribution in [0.1, 0.15) is 38.7 Å². The molecule has 1 aliphatic rings. The van der Waals surface area contributed by atoms with Gasteiger partial charge in [-0.05, 0) is 66.7 Å². The lowest BCUT2D eigenvalue weighted by atomic mass is 9.78. The van der Waals surface area contributed by atoms with Crippen LogP contribution in [0.2, 0.25) is 0 Å². The molecule has 4 heteroatoms. The lowest BCUT2D eigenvalue weighted by Gasteiger charge is -2.39. The molecule has 1 aromatic rings. The topological polar surface area (TPSA) is 30.5 Å². The molecule has 0 bridgehead atoms. The van der Waals surface area contributed by atoms with E-state index in [2.05, 4.69) is 34.2 Å². The number of hydrogen-bond donors (Lipinski definition) is 1. The molecule has 1 fully saturated rings. The minimum Gasteiger partial charge on any atom is -0.493 e. The van der Waals surface area contributed by atoms with Crippen molar-refractivity contribution < 1.29 is 9.47 Å². The lowest BCUT2D eigenvalue weighted by molar-refractivity contribution is 0.206. The van der Waals surface area contributed by atoms with Gasteiger partial charge in [-0.1, -0.05) is 0 Å². The number of methoxy groups -OCH3 is 1. The van der Waals surface area contributed by atoms with E-state index in [1.165, 1.54) is 24.8 Å². The van der Waals surface area contributed by atoms with Gasteiger partial charge in [0.25, 0.3) is 0 Å².